The van der Waals surface area contributed by atoms with Crippen LogP contribution in [0.5, 0.6) is 0 Å². The quantitative estimate of drug-likeness (QED) is 0.768. The predicted molar refractivity (Wildman–Crippen MR) is 86.8 cm³/mol. The molecule has 0 aliphatic carbocycles. The lowest BCUT2D eigenvalue weighted by Gasteiger charge is -2.09. The van der Waals surface area contributed by atoms with Gasteiger partial charge in [0.25, 0.3) is 0 Å². The zero-order valence-corrected chi connectivity index (χ0v) is 12.2. The highest BCUT2D eigenvalue weighted by Crippen LogP contribution is 2.27. The average molecular weight is 275 g/mol. The summed E-state index contributed by atoms with van der Waals surface area (Å²) in [5.41, 5.74) is 12.2. The Morgan fingerprint density at radius 2 is 1.52 bits per heavy atom. The van der Waals surface area contributed by atoms with Crippen molar-refractivity contribution in [1.29, 1.82) is 0 Å². The molecule has 104 valence electrons. The minimum atomic E-state index is 0.298. The smallest absolute Gasteiger partial charge is 0.221 e. The molecule has 0 atom stereocenters. The molecule has 0 radical (unpaired) electrons. The van der Waals surface area contributed by atoms with Crippen LogP contribution in [-0.2, 0) is 0 Å². The van der Waals surface area contributed by atoms with Crippen LogP contribution < -0.4 is 5.73 Å². The molecule has 3 aromatic rings. The molecule has 1 aromatic heterocycles. The van der Waals surface area contributed by atoms with E-state index in [9.17, 15) is 0 Å². The number of nitrogen functional groups attached to an aromatic ring is 1. The third-order valence-corrected chi connectivity index (χ3v) is 3.47. The van der Waals surface area contributed by atoms with Crippen LogP contribution in [-0.4, -0.2) is 9.97 Å². The van der Waals surface area contributed by atoms with Gasteiger partial charge >= 0.3 is 0 Å². The van der Waals surface area contributed by atoms with Gasteiger partial charge in [0, 0.05) is 11.1 Å². The van der Waals surface area contributed by atoms with Crippen molar-refractivity contribution in [3.05, 3.63) is 65.7 Å². The van der Waals surface area contributed by atoms with Crippen molar-refractivity contribution in [3.8, 4) is 22.5 Å². The van der Waals surface area contributed by atoms with Gasteiger partial charge in [-0.25, -0.2) is 9.97 Å². The van der Waals surface area contributed by atoms with E-state index in [1.807, 2.05) is 36.4 Å². The van der Waals surface area contributed by atoms with Crippen molar-refractivity contribution in [1.82, 2.24) is 9.97 Å². The summed E-state index contributed by atoms with van der Waals surface area (Å²) in [6, 6.07) is 18.3. The number of rotatable bonds is 2. The molecule has 3 rings (SSSR count). The lowest BCUT2D eigenvalue weighted by Crippen LogP contribution is -1.99. The van der Waals surface area contributed by atoms with E-state index in [0.717, 1.165) is 22.5 Å². The molecule has 21 heavy (non-hydrogen) atoms. The highest BCUT2D eigenvalue weighted by Gasteiger charge is 2.08. The molecule has 3 nitrogen and oxygen atoms in total. The first-order valence-corrected chi connectivity index (χ1v) is 6.91. The highest BCUT2D eigenvalue weighted by molar-refractivity contribution is 5.71. The van der Waals surface area contributed by atoms with Crippen LogP contribution in [0.3, 0.4) is 0 Å². The molecule has 0 aliphatic heterocycles. The molecule has 0 fully saturated rings. The SMILES string of the molecule is Cc1ccc(-c2cc(-c3ccccc3)nc(N)n2)c(C)c1. The second kappa shape index (κ2) is 5.37. The number of aryl methyl sites for hydroxylation is 2. The van der Waals surface area contributed by atoms with Crippen LogP contribution in [0.1, 0.15) is 11.1 Å². The van der Waals surface area contributed by atoms with Crippen LogP contribution in [0.15, 0.2) is 54.6 Å². The number of anilines is 1. The van der Waals surface area contributed by atoms with E-state index in [1.165, 1.54) is 11.1 Å². The van der Waals surface area contributed by atoms with E-state index < -0.39 is 0 Å². The van der Waals surface area contributed by atoms with Crippen LogP contribution >= 0.6 is 0 Å². The summed E-state index contributed by atoms with van der Waals surface area (Å²) in [7, 11) is 0. The Labute approximate surface area is 124 Å². The molecule has 1 heterocycles. The van der Waals surface area contributed by atoms with Gasteiger partial charge in [-0.15, -0.1) is 0 Å². The monoisotopic (exact) mass is 275 g/mol. The summed E-state index contributed by atoms with van der Waals surface area (Å²) >= 11 is 0. The number of aromatic nitrogens is 2. The van der Waals surface area contributed by atoms with Gasteiger partial charge < -0.3 is 5.73 Å². The van der Waals surface area contributed by atoms with Gasteiger partial charge in [-0.3, -0.25) is 0 Å². The Balaban J connectivity index is 2.14. The average Bonchev–Trinajstić information content (AvgIpc) is 2.47. The Morgan fingerprint density at radius 3 is 2.24 bits per heavy atom. The summed E-state index contributed by atoms with van der Waals surface area (Å²) in [5, 5.41) is 0. The fourth-order valence-corrected chi connectivity index (χ4v) is 2.46. The minimum Gasteiger partial charge on any atom is -0.368 e. The standard InChI is InChI=1S/C18H17N3/c1-12-8-9-15(13(2)10-12)17-11-16(20-18(19)21-17)14-6-4-3-5-7-14/h3-11H,1-2H3,(H2,19,20,21). The zero-order chi connectivity index (χ0) is 14.8. The van der Waals surface area contributed by atoms with Crippen molar-refractivity contribution in [2.45, 2.75) is 13.8 Å². The van der Waals surface area contributed by atoms with Gasteiger partial charge in [0.2, 0.25) is 5.95 Å². The highest BCUT2D eigenvalue weighted by atomic mass is 15.0. The summed E-state index contributed by atoms with van der Waals surface area (Å²) in [4.78, 5) is 8.73. The zero-order valence-electron chi connectivity index (χ0n) is 12.2. The van der Waals surface area contributed by atoms with Crippen LogP contribution in [0, 0.1) is 13.8 Å². The molecule has 2 N–H and O–H groups in total. The van der Waals surface area contributed by atoms with Crippen LogP contribution in [0.2, 0.25) is 0 Å². The summed E-state index contributed by atoms with van der Waals surface area (Å²) in [5.74, 6) is 0.298. The lowest BCUT2D eigenvalue weighted by molar-refractivity contribution is 1.19. The summed E-state index contributed by atoms with van der Waals surface area (Å²) < 4.78 is 0. The molecule has 3 heteroatoms. The maximum Gasteiger partial charge on any atom is 0.221 e. The number of hydrogen-bond acceptors (Lipinski definition) is 3. The molecule has 0 unspecified atom stereocenters. The topological polar surface area (TPSA) is 51.8 Å². The number of nitrogens with zero attached hydrogens (tertiary/aromatic N) is 2. The third-order valence-electron chi connectivity index (χ3n) is 3.47. The number of nitrogens with two attached hydrogens (primary N) is 1. The van der Waals surface area contributed by atoms with E-state index in [4.69, 9.17) is 5.73 Å². The van der Waals surface area contributed by atoms with Crippen molar-refractivity contribution >= 4 is 5.95 Å². The molecule has 0 amide bonds. The summed E-state index contributed by atoms with van der Waals surface area (Å²) in [6.45, 7) is 4.17. The fraction of sp³-hybridized carbons (Fsp3) is 0.111. The molecular weight excluding hydrogens is 258 g/mol. The maximum absolute atomic E-state index is 5.89. The van der Waals surface area contributed by atoms with Crippen LogP contribution in [0.25, 0.3) is 22.5 Å². The maximum atomic E-state index is 5.89. The van der Waals surface area contributed by atoms with Crippen molar-refractivity contribution in [2.75, 3.05) is 5.73 Å². The van der Waals surface area contributed by atoms with Crippen molar-refractivity contribution in [3.63, 3.8) is 0 Å². The van der Waals surface area contributed by atoms with E-state index >= 15 is 0 Å². The predicted octanol–water partition coefficient (Wildman–Crippen LogP) is 4.01. The van der Waals surface area contributed by atoms with Gasteiger partial charge in [0.1, 0.15) is 0 Å². The molecule has 0 bridgehead atoms. The third kappa shape index (κ3) is 2.77. The minimum absolute atomic E-state index is 0.298. The second-order valence-corrected chi connectivity index (χ2v) is 5.18. The molecular formula is C18H17N3. The number of benzene rings is 2. The second-order valence-electron chi connectivity index (χ2n) is 5.18. The normalized spacial score (nSPS) is 10.6. The van der Waals surface area contributed by atoms with Gasteiger partial charge in [0.05, 0.1) is 11.4 Å². The van der Waals surface area contributed by atoms with E-state index in [1.54, 1.807) is 0 Å². The van der Waals surface area contributed by atoms with Gasteiger partial charge in [0.15, 0.2) is 0 Å². The molecule has 0 saturated carbocycles. The first-order chi connectivity index (χ1) is 10.1. The Bertz CT molecular complexity index is 780. The fourth-order valence-electron chi connectivity index (χ4n) is 2.46. The van der Waals surface area contributed by atoms with Gasteiger partial charge in [-0.2, -0.15) is 0 Å². The Morgan fingerprint density at radius 1 is 0.810 bits per heavy atom. The first kappa shape index (κ1) is 13.3. The van der Waals surface area contributed by atoms with Crippen molar-refractivity contribution < 1.29 is 0 Å². The summed E-state index contributed by atoms with van der Waals surface area (Å²) in [6.07, 6.45) is 0. The van der Waals surface area contributed by atoms with Crippen LogP contribution in [0.4, 0.5) is 5.95 Å². The van der Waals surface area contributed by atoms with E-state index in [0.29, 0.717) is 5.95 Å². The molecule has 0 spiro atoms. The molecule has 2 aromatic carbocycles. The Hall–Kier alpha value is -2.68. The largest absolute Gasteiger partial charge is 0.368 e. The van der Waals surface area contributed by atoms with E-state index in [-0.39, 0.29) is 0 Å². The molecule has 0 saturated heterocycles. The Kier molecular flexibility index (Phi) is 3.40. The first-order valence-electron chi connectivity index (χ1n) is 6.91. The lowest BCUT2D eigenvalue weighted by atomic mass is 10.0. The number of hydrogen-bond donors (Lipinski definition) is 1. The van der Waals surface area contributed by atoms with E-state index in [2.05, 4.69) is 42.0 Å². The van der Waals surface area contributed by atoms with Crippen molar-refractivity contribution in [2.24, 2.45) is 0 Å². The van der Waals surface area contributed by atoms with Gasteiger partial charge in [-0.1, -0.05) is 54.1 Å². The molecule has 0 aliphatic rings. The van der Waals surface area contributed by atoms with Gasteiger partial charge in [-0.05, 0) is 25.5 Å².